The second kappa shape index (κ2) is 10.3. The maximum absolute atomic E-state index is 12.1. The molecule has 0 aliphatic rings. The number of rotatable bonds is 8. The number of ether oxygens (including phenoxy) is 2. The minimum absolute atomic E-state index is 0.348. The smallest absolute Gasteiger partial charge is 0.280 e. The van der Waals surface area contributed by atoms with Crippen molar-refractivity contribution in [3.63, 3.8) is 0 Å². The quantitative estimate of drug-likeness (QED) is 0.428. The van der Waals surface area contributed by atoms with Crippen molar-refractivity contribution >= 4 is 23.7 Å². The van der Waals surface area contributed by atoms with E-state index < -0.39 is 6.10 Å². The molecule has 3 aromatic carbocycles. The number of hydrogen-bond acceptors (Lipinski definition) is 4. The first-order valence-corrected chi connectivity index (χ1v) is 9.50. The Morgan fingerprint density at radius 3 is 2.34 bits per heavy atom. The number of hydrazone groups is 1. The number of nitrogens with zero attached hydrogens (tertiary/aromatic N) is 1. The normalized spacial score (nSPS) is 11.8. The van der Waals surface area contributed by atoms with Gasteiger partial charge in [0.25, 0.3) is 5.91 Å². The third-order valence-corrected chi connectivity index (χ3v) is 4.26. The van der Waals surface area contributed by atoms with Gasteiger partial charge >= 0.3 is 0 Å². The number of carbonyl (C=O) groups is 1. The van der Waals surface area contributed by atoms with Gasteiger partial charge in [0.1, 0.15) is 18.1 Å². The lowest BCUT2D eigenvalue weighted by Gasteiger charge is -2.12. The van der Waals surface area contributed by atoms with E-state index in [0.717, 1.165) is 16.9 Å². The van der Waals surface area contributed by atoms with Crippen LogP contribution in [0.25, 0.3) is 0 Å². The van der Waals surface area contributed by atoms with E-state index in [0.29, 0.717) is 17.4 Å². The van der Waals surface area contributed by atoms with Crippen molar-refractivity contribution in [2.24, 2.45) is 5.10 Å². The van der Waals surface area contributed by atoms with Crippen LogP contribution in [0.2, 0.25) is 5.02 Å². The van der Waals surface area contributed by atoms with E-state index >= 15 is 0 Å². The maximum Gasteiger partial charge on any atom is 0.280 e. The summed E-state index contributed by atoms with van der Waals surface area (Å²) in [5.41, 5.74) is 4.42. The average Bonchev–Trinajstić information content (AvgIpc) is 2.75. The predicted octanol–water partition coefficient (Wildman–Crippen LogP) is 4.84. The van der Waals surface area contributed by atoms with Gasteiger partial charge in [-0.15, -0.1) is 0 Å². The van der Waals surface area contributed by atoms with Gasteiger partial charge in [-0.1, -0.05) is 41.9 Å². The zero-order valence-electron chi connectivity index (χ0n) is 15.9. The molecule has 0 unspecified atom stereocenters. The van der Waals surface area contributed by atoms with Crippen molar-refractivity contribution in [2.75, 3.05) is 0 Å². The van der Waals surface area contributed by atoms with Crippen molar-refractivity contribution in [1.29, 1.82) is 0 Å². The lowest BCUT2D eigenvalue weighted by Crippen LogP contribution is -2.33. The monoisotopic (exact) mass is 408 g/mol. The van der Waals surface area contributed by atoms with Gasteiger partial charge in [-0.05, 0) is 66.6 Å². The Hall–Kier alpha value is -3.31. The highest BCUT2D eigenvalue weighted by Crippen LogP contribution is 2.17. The van der Waals surface area contributed by atoms with Crippen LogP contribution in [0.3, 0.4) is 0 Å². The molecule has 1 amide bonds. The molecule has 1 atom stereocenters. The van der Waals surface area contributed by atoms with Gasteiger partial charge in [0, 0.05) is 5.02 Å². The van der Waals surface area contributed by atoms with Crippen LogP contribution in [0, 0.1) is 0 Å². The van der Waals surface area contributed by atoms with Gasteiger partial charge in [-0.2, -0.15) is 5.10 Å². The van der Waals surface area contributed by atoms with Crippen LogP contribution in [0.5, 0.6) is 11.5 Å². The van der Waals surface area contributed by atoms with E-state index in [1.165, 1.54) is 0 Å². The van der Waals surface area contributed by atoms with Crippen LogP contribution in [-0.4, -0.2) is 18.2 Å². The van der Waals surface area contributed by atoms with Gasteiger partial charge in [0.05, 0.1) is 6.21 Å². The lowest BCUT2D eigenvalue weighted by atomic mass is 10.2. The Kier molecular flexibility index (Phi) is 7.25. The second-order valence-electron chi connectivity index (χ2n) is 6.29. The molecule has 0 heterocycles. The highest BCUT2D eigenvalue weighted by Gasteiger charge is 2.13. The van der Waals surface area contributed by atoms with Crippen LogP contribution >= 0.6 is 11.6 Å². The average molecular weight is 409 g/mol. The fourth-order valence-electron chi connectivity index (χ4n) is 2.42. The van der Waals surface area contributed by atoms with Crippen LogP contribution in [0.4, 0.5) is 0 Å². The zero-order valence-corrected chi connectivity index (χ0v) is 16.7. The molecule has 6 heteroatoms. The summed E-state index contributed by atoms with van der Waals surface area (Å²) in [5, 5.41) is 4.58. The van der Waals surface area contributed by atoms with Crippen molar-refractivity contribution in [2.45, 2.75) is 19.6 Å². The Morgan fingerprint density at radius 1 is 1.00 bits per heavy atom. The number of nitrogens with one attached hydrogen (secondary N) is 1. The Bertz CT molecular complexity index is 942. The minimum Gasteiger partial charge on any atom is -0.489 e. The van der Waals surface area contributed by atoms with Gasteiger partial charge in [-0.25, -0.2) is 5.43 Å². The third-order valence-electron chi connectivity index (χ3n) is 4.01. The SMILES string of the molecule is C[C@H](Oc1ccc(Cl)cc1)C(=O)N/N=C/c1ccc(OCc2ccccc2)cc1. The van der Waals surface area contributed by atoms with E-state index in [2.05, 4.69) is 10.5 Å². The second-order valence-corrected chi connectivity index (χ2v) is 6.73. The number of benzene rings is 3. The summed E-state index contributed by atoms with van der Waals surface area (Å²) >= 11 is 5.83. The van der Waals surface area contributed by atoms with Crippen LogP contribution in [0.1, 0.15) is 18.1 Å². The van der Waals surface area contributed by atoms with Crippen molar-refractivity contribution in [1.82, 2.24) is 5.43 Å². The molecular weight excluding hydrogens is 388 g/mol. The molecular formula is C23H21ClN2O3. The molecule has 3 aromatic rings. The summed E-state index contributed by atoms with van der Waals surface area (Å²) in [4.78, 5) is 12.1. The fraction of sp³-hybridized carbons (Fsp3) is 0.130. The molecule has 0 saturated carbocycles. The molecule has 0 aromatic heterocycles. The van der Waals surface area contributed by atoms with Crippen molar-refractivity contribution in [3.05, 3.63) is 95.0 Å². The number of hydrogen-bond donors (Lipinski definition) is 1. The fourth-order valence-corrected chi connectivity index (χ4v) is 2.55. The topological polar surface area (TPSA) is 59.9 Å². The summed E-state index contributed by atoms with van der Waals surface area (Å²) in [6.07, 6.45) is 0.871. The molecule has 148 valence electrons. The van der Waals surface area contributed by atoms with E-state index in [9.17, 15) is 4.79 Å². The molecule has 0 aliphatic carbocycles. The van der Waals surface area contributed by atoms with Crippen LogP contribution in [-0.2, 0) is 11.4 Å². The van der Waals surface area contributed by atoms with E-state index in [1.54, 1.807) is 37.4 Å². The lowest BCUT2D eigenvalue weighted by molar-refractivity contribution is -0.127. The summed E-state index contributed by atoms with van der Waals surface area (Å²) in [7, 11) is 0. The largest absolute Gasteiger partial charge is 0.489 e. The van der Waals surface area contributed by atoms with Gasteiger partial charge < -0.3 is 9.47 Å². The van der Waals surface area contributed by atoms with E-state index in [1.807, 2.05) is 54.6 Å². The number of halogens is 1. The number of carbonyl (C=O) groups excluding carboxylic acids is 1. The molecule has 1 N–H and O–H groups in total. The first kappa shape index (κ1) is 20.4. The molecule has 0 spiro atoms. The Labute approximate surface area is 174 Å². The molecule has 0 radical (unpaired) electrons. The molecule has 29 heavy (non-hydrogen) atoms. The summed E-state index contributed by atoms with van der Waals surface area (Å²) in [6.45, 7) is 2.16. The first-order chi connectivity index (χ1) is 14.1. The standard InChI is InChI=1S/C23H21ClN2O3/c1-17(29-22-13-9-20(24)10-14-22)23(27)26-25-15-18-7-11-21(12-8-18)28-16-19-5-3-2-4-6-19/h2-15,17H,16H2,1H3,(H,26,27)/b25-15+/t17-/m0/s1. The Balaban J connectivity index is 1.45. The molecule has 0 saturated heterocycles. The van der Waals surface area contributed by atoms with Gasteiger partial charge in [0.15, 0.2) is 6.10 Å². The van der Waals surface area contributed by atoms with E-state index in [-0.39, 0.29) is 5.91 Å². The highest BCUT2D eigenvalue weighted by atomic mass is 35.5. The van der Waals surface area contributed by atoms with Gasteiger partial charge in [0.2, 0.25) is 0 Å². The van der Waals surface area contributed by atoms with Crippen molar-refractivity contribution < 1.29 is 14.3 Å². The zero-order chi connectivity index (χ0) is 20.5. The first-order valence-electron chi connectivity index (χ1n) is 9.12. The van der Waals surface area contributed by atoms with E-state index in [4.69, 9.17) is 21.1 Å². The van der Waals surface area contributed by atoms with Crippen molar-refractivity contribution in [3.8, 4) is 11.5 Å². The predicted molar refractivity (Wildman–Crippen MR) is 114 cm³/mol. The molecule has 0 bridgehead atoms. The van der Waals surface area contributed by atoms with Crippen LogP contribution < -0.4 is 14.9 Å². The highest BCUT2D eigenvalue weighted by molar-refractivity contribution is 6.30. The summed E-state index contributed by atoms with van der Waals surface area (Å²) in [5.74, 6) is 0.978. The molecule has 5 nitrogen and oxygen atoms in total. The molecule has 3 rings (SSSR count). The molecule has 0 fully saturated rings. The summed E-state index contributed by atoms with van der Waals surface area (Å²) in [6, 6.07) is 24.2. The molecule has 0 aliphatic heterocycles. The minimum atomic E-state index is -0.693. The van der Waals surface area contributed by atoms with Gasteiger partial charge in [-0.3, -0.25) is 4.79 Å². The van der Waals surface area contributed by atoms with Crippen LogP contribution in [0.15, 0.2) is 84.0 Å². The third kappa shape index (κ3) is 6.66. The Morgan fingerprint density at radius 2 is 1.66 bits per heavy atom. The summed E-state index contributed by atoms with van der Waals surface area (Å²) < 4.78 is 11.3. The number of amides is 1. The maximum atomic E-state index is 12.1.